The van der Waals surface area contributed by atoms with Gasteiger partial charge >= 0.3 is 5.97 Å². The van der Waals surface area contributed by atoms with E-state index in [0.717, 1.165) is 31.2 Å². The molecule has 2 fully saturated rings. The Bertz CT molecular complexity index is 1280. The van der Waals surface area contributed by atoms with Gasteiger partial charge in [-0.3, -0.25) is 19.2 Å². The van der Waals surface area contributed by atoms with Crippen LogP contribution in [0.25, 0.3) is 0 Å². The summed E-state index contributed by atoms with van der Waals surface area (Å²) in [5.41, 5.74) is -0.537. The number of nitrogens with zero attached hydrogens (tertiary/aromatic N) is 2. The Morgan fingerprint density at radius 1 is 0.978 bits per heavy atom. The number of esters is 1. The molecular weight excluding hydrogens is 574 g/mol. The zero-order valence-electron chi connectivity index (χ0n) is 26.4. The van der Waals surface area contributed by atoms with E-state index in [9.17, 15) is 24.3 Å². The smallest absolute Gasteiger partial charge is 0.313 e. The largest absolute Gasteiger partial charge is 0.455 e. The van der Waals surface area contributed by atoms with Crippen molar-refractivity contribution in [1.82, 2.24) is 15.1 Å². The number of hydrogen-bond acceptors (Lipinski definition) is 7. The zero-order chi connectivity index (χ0) is 32.0. The summed E-state index contributed by atoms with van der Waals surface area (Å²) >= 11 is 0. The normalized spacial score (nSPS) is 32.5. The minimum atomic E-state index is -1.27. The number of ether oxygens (including phenoxy) is 2. The first-order valence-corrected chi connectivity index (χ1v) is 16.6. The van der Waals surface area contributed by atoms with E-state index in [2.05, 4.69) is 12.2 Å². The second kappa shape index (κ2) is 14.7. The van der Waals surface area contributed by atoms with Crippen LogP contribution >= 0.6 is 0 Å². The molecule has 1 spiro atoms. The maximum absolute atomic E-state index is 14.5. The van der Waals surface area contributed by atoms with Crippen LogP contribution in [0.4, 0.5) is 0 Å². The molecule has 5 rings (SSSR count). The molecule has 45 heavy (non-hydrogen) atoms. The molecule has 2 saturated heterocycles. The first-order valence-electron chi connectivity index (χ1n) is 16.6. The summed E-state index contributed by atoms with van der Waals surface area (Å²) in [4.78, 5) is 59.3. The van der Waals surface area contributed by atoms with Crippen LogP contribution in [0.15, 0.2) is 54.6 Å². The van der Waals surface area contributed by atoms with Gasteiger partial charge in [0.2, 0.25) is 17.7 Å². The highest BCUT2D eigenvalue weighted by atomic mass is 16.6. The minimum Gasteiger partial charge on any atom is -0.455 e. The molecule has 5 bridgehead atoms. The van der Waals surface area contributed by atoms with Gasteiger partial charge in [0, 0.05) is 32.7 Å². The fraction of sp³-hybridized carbons (Fsp3) is 0.600. The predicted octanol–water partition coefficient (Wildman–Crippen LogP) is 3.46. The van der Waals surface area contributed by atoms with Crippen LogP contribution in [0.2, 0.25) is 0 Å². The Hall–Kier alpha value is -3.50. The van der Waals surface area contributed by atoms with E-state index in [-0.39, 0.29) is 30.7 Å². The maximum Gasteiger partial charge on any atom is 0.313 e. The van der Waals surface area contributed by atoms with Crippen LogP contribution in [0.3, 0.4) is 0 Å². The number of benzene rings is 1. The summed E-state index contributed by atoms with van der Waals surface area (Å²) in [7, 11) is 0. The molecule has 4 aliphatic rings. The van der Waals surface area contributed by atoms with Crippen molar-refractivity contribution >= 4 is 23.7 Å². The van der Waals surface area contributed by atoms with Gasteiger partial charge in [-0.2, -0.15) is 0 Å². The summed E-state index contributed by atoms with van der Waals surface area (Å²) < 4.78 is 12.7. The van der Waals surface area contributed by atoms with Gasteiger partial charge < -0.3 is 29.7 Å². The van der Waals surface area contributed by atoms with E-state index in [1.54, 1.807) is 15.9 Å². The van der Waals surface area contributed by atoms with Gasteiger partial charge in [0.15, 0.2) is 0 Å². The number of amides is 3. The third-order valence-corrected chi connectivity index (χ3v) is 9.52. The third-order valence-electron chi connectivity index (χ3n) is 9.52. The molecular formula is C35H47N3O7. The molecule has 3 amide bonds. The van der Waals surface area contributed by atoms with E-state index in [0.29, 0.717) is 38.9 Å². The summed E-state index contributed by atoms with van der Waals surface area (Å²) in [6.07, 6.45) is 11.4. The van der Waals surface area contributed by atoms with Crippen LogP contribution in [0.5, 0.6) is 0 Å². The standard InChI is InChI=1S/C35H47N3O7/c1-3-4-20-37-21-12-8-11-17-27(40)36-24(2)30(25-15-9-7-10-16-25)44-34(43)28-26-18-19-35(45-26)29(28)32(41)38(31(35)33(37)42)22-13-5-6-14-23-39/h7-10,12,15-16,18-19,24,26,28-31,39H,3-6,11,13-14,17,20-23H2,1-2H3,(H,36,40)/b12-8-/t24-,26+,28-,29-,30+,31+,35-/m1/s1. The van der Waals surface area contributed by atoms with E-state index in [1.165, 1.54) is 0 Å². The molecule has 1 aromatic carbocycles. The van der Waals surface area contributed by atoms with Gasteiger partial charge in [-0.05, 0) is 38.2 Å². The molecule has 10 heteroatoms. The Morgan fingerprint density at radius 2 is 1.76 bits per heavy atom. The number of aliphatic hydroxyl groups excluding tert-OH is 1. The van der Waals surface area contributed by atoms with E-state index < -0.39 is 47.7 Å². The second-order valence-electron chi connectivity index (χ2n) is 12.6. The van der Waals surface area contributed by atoms with Crippen molar-refractivity contribution in [1.29, 1.82) is 0 Å². The molecule has 0 saturated carbocycles. The molecule has 2 N–H and O–H groups in total. The van der Waals surface area contributed by atoms with Gasteiger partial charge in [0.25, 0.3) is 0 Å². The SMILES string of the molecule is CCCCN1C/C=C\CCC(=O)N[C@H](C)[C@@H](c2ccccc2)OC(=O)[C@@H]2[C@@H]3C=C[C@]4(O3)[C@H](C1=O)N(CCCCCCO)C(=O)[C@@H]24. The van der Waals surface area contributed by atoms with Crippen LogP contribution in [0.1, 0.15) is 76.9 Å². The number of aliphatic hydroxyl groups is 1. The Kier molecular flexibility index (Phi) is 10.8. The fourth-order valence-corrected chi connectivity index (χ4v) is 7.26. The highest BCUT2D eigenvalue weighted by Crippen LogP contribution is 2.56. The van der Waals surface area contributed by atoms with Crippen LogP contribution in [-0.2, 0) is 28.7 Å². The van der Waals surface area contributed by atoms with Crippen molar-refractivity contribution in [2.45, 2.75) is 95.1 Å². The average Bonchev–Trinajstić information content (AvgIpc) is 3.68. The second-order valence-corrected chi connectivity index (χ2v) is 12.6. The maximum atomic E-state index is 14.5. The lowest BCUT2D eigenvalue weighted by atomic mass is 9.74. The van der Waals surface area contributed by atoms with Crippen LogP contribution in [-0.4, -0.2) is 88.6 Å². The monoisotopic (exact) mass is 621 g/mol. The lowest BCUT2D eigenvalue weighted by Gasteiger charge is -2.36. The number of hydrogen-bond donors (Lipinski definition) is 2. The van der Waals surface area contributed by atoms with E-state index >= 15 is 0 Å². The highest BCUT2D eigenvalue weighted by Gasteiger charge is 2.73. The van der Waals surface area contributed by atoms with Crippen molar-refractivity contribution in [2.24, 2.45) is 11.8 Å². The molecule has 244 valence electrons. The molecule has 0 aliphatic carbocycles. The lowest BCUT2D eigenvalue weighted by Crippen LogP contribution is -2.56. The zero-order valence-corrected chi connectivity index (χ0v) is 26.4. The van der Waals surface area contributed by atoms with E-state index in [1.807, 2.05) is 55.5 Å². The number of rotatable bonds is 10. The molecule has 0 aromatic heterocycles. The number of cyclic esters (lactones) is 1. The number of carbonyl (C=O) groups is 4. The summed E-state index contributed by atoms with van der Waals surface area (Å²) in [6, 6.07) is 7.84. The molecule has 7 atom stereocenters. The van der Waals surface area contributed by atoms with Crippen molar-refractivity contribution in [2.75, 3.05) is 26.2 Å². The molecule has 0 radical (unpaired) electrons. The van der Waals surface area contributed by atoms with Gasteiger partial charge in [-0.1, -0.05) is 80.8 Å². The topological polar surface area (TPSA) is 125 Å². The van der Waals surface area contributed by atoms with Gasteiger partial charge in [0.05, 0.1) is 18.1 Å². The number of likely N-dealkylation sites (tertiary alicyclic amines) is 1. The quantitative estimate of drug-likeness (QED) is 0.233. The number of nitrogens with one attached hydrogen (secondary N) is 1. The Balaban J connectivity index is 1.52. The fourth-order valence-electron chi connectivity index (χ4n) is 7.26. The molecule has 1 aromatic rings. The van der Waals surface area contributed by atoms with Crippen molar-refractivity contribution in [3.8, 4) is 0 Å². The Morgan fingerprint density at radius 3 is 2.51 bits per heavy atom. The summed E-state index contributed by atoms with van der Waals surface area (Å²) in [5, 5.41) is 12.2. The Labute approximate surface area is 265 Å². The molecule has 4 heterocycles. The minimum absolute atomic E-state index is 0.116. The van der Waals surface area contributed by atoms with Crippen LogP contribution in [0, 0.1) is 11.8 Å². The summed E-state index contributed by atoms with van der Waals surface area (Å²) in [6.45, 7) is 5.22. The number of fused-ring (bicyclic) bond motifs is 2. The van der Waals surface area contributed by atoms with Crippen molar-refractivity contribution < 1.29 is 33.8 Å². The molecule has 10 nitrogen and oxygen atoms in total. The first-order chi connectivity index (χ1) is 21.8. The predicted molar refractivity (Wildman–Crippen MR) is 168 cm³/mol. The lowest BCUT2D eigenvalue weighted by molar-refractivity contribution is -0.161. The molecule has 4 aliphatic heterocycles. The van der Waals surface area contributed by atoms with E-state index in [4.69, 9.17) is 9.47 Å². The number of unbranched alkanes of at least 4 members (excludes halogenated alkanes) is 4. The van der Waals surface area contributed by atoms with Crippen LogP contribution < -0.4 is 5.32 Å². The summed E-state index contributed by atoms with van der Waals surface area (Å²) in [5.74, 6) is -3.03. The average molecular weight is 622 g/mol. The number of allylic oxidation sites excluding steroid dienone is 1. The molecule has 0 unspecified atom stereocenters. The first kappa shape index (κ1) is 32.9. The van der Waals surface area contributed by atoms with Gasteiger partial charge in [-0.25, -0.2) is 0 Å². The highest BCUT2D eigenvalue weighted by molar-refractivity contribution is 5.99. The number of carbonyl (C=O) groups excluding carboxylic acids is 4. The van der Waals surface area contributed by atoms with Crippen molar-refractivity contribution in [3.05, 3.63) is 60.2 Å². The third kappa shape index (κ3) is 6.72. The van der Waals surface area contributed by atoms with Gasteiger partial charge in [0.1, 0.15) is 23.7 Å². The van der Waals surface area contributed by atoms with Gasteiger partial charge in [-0.15, -0.1) is 0 Å². The van der Waals surface area contributed by atoms with Crippen molar-refractivity contribution in [3.63, 3.8) is 0 Å².